The predicted octanol–water partition coefficient (Wildman–Crippen LogP) is 2.78. The Morgan fingerprint density at radius 3 is 2.59 bits per heavy atom. The lowest BCUT2D eigenvalue weighted by Gasteiger charge is -2.40. The molecule has 1 aliphatic rings. The minimum atomic E-state index is -0.381. The molecule has 1 aliphatic heterocycles. The van der Waals surface area contributed by atoms with E-state index in [0.29, 0.717) is 5.56 Å². The van der Waals surface area contributed by atoms with Gasteiger partial charge in [0.2, 0.25) is 0 Å². The fourth-order valence-corrected chi connectivity index (χ4v) is 3.66. The van der Waals surface area contributed by atoms with Crippen molar-refractivity contribution in [3.63, 3.8) is 0 Å². The highest BCUT2D eigenvalue weighted by molar-refractivity contribution is 5.95. The molecule has 0 unspecified atom stereocenters. The molecule has 1 aromatic carbocycles. The number of benzene rings is 1. The number of H-pyrrole nitrogens is 1. The smallest absolute Gasteiger partial charge is 0.266 e. The number of rotatable bonds is 4. The molecule has 5 heteroatoms. The number of hydrogen-bond acceptors (Lipinski definition) is 4. The zero-order chi connectivity index (χ0) is 19.8. The van der Waals surface area contributed by atoms with Gasteiger partial charge in [-0.15, -0.1) is 6.42 Å². The van der Waals surface area contributed by atoms with E-state index < -0.39 is 0 Å². The Hall–Kier alpha value is -2.29. The van der Waals surface area contributed by atoms with Crippen LogP contribution in [0.25, 0.3) is 10.9 Å². The van der Waals surface area contributed by atoms with Crippen LogP contribution in [0.15, 0.2) is 23.0 Å². The zero-order valence-corrected chi connectivity index (χ0v) is 16.6. The van der Waals surface area contributed by atoms with Crippen LogP contribution in [0.2, 0.25) is 0 Å². The molecule has 1 aromatic heterocycles. The molecule has 1 saturated heterocycles. The molecule has 2 aromatic rings. The Bertz CT molecular complexity index is 944. The van der Waals surface area contributed by atoms with Crippen LogP contribution in [0.3, 0.4) is 0 Å². The van der Waals surface area contributed by atoms with E-state index in [2.05, 4.69) is 22.7 Å². The van der Waals surface area contributed by atoms with Crippen molar-refractivity contribution < 1.29 is 9.84 Å². The van der Waals surface area contributed by atoms with E-state index in [0.717, 1.165) is 48.1 Å². The van der Waals surface area contributed by atoms with E-state index in [9.17, 15) is 9.90 Å². The molecular weight excluding hydrogens is 340 g/mol. The summed E-state index contributed by atoms with van der Waals surface area (Å²) in [7, 11) is 1.74. The van der Waals surface area contributed by atoms with Gasteiger partial charge in [0, 0.05) is 31.0 Å². The Morgan fingerprint density at radius 2 is 2.04 bits per heavy atom. The Morgan fingerprint density at radius 1 is 1.37 bits per heavy atom. The maximum absolute atomic E-state index is 12.6. The standard InChI is InChI=1S/C22H28N2O3/c1-6-16-19(24-11-9-22(4,27-5)10-12-24)17-13-15(21(2,3)14-25)7-8-18(17)23-20(16)26/h1,7-8,13,25H,9-12,14H2,2-5H3,(H,23,26). The highest BCUT2D eigenvalue weighted by Gasteiger charge is 2.32. The first-order valence-corrected chi connectivity index (χ1v) is 9.33. The monoisotopic (exact) mass is 368 g/mol. The van der Waals surface area contributed by atoms with Crippen molar-refractivity contribution >= 4 is 16.6 Å². The number of anilines is 1. The number of nitrogens with one attached hydrogen (secondary N) is 1. The summed E-state index contributed by atoms with van der Waals surface area (Å²) in [6, 6.07) is 5.89. The van der Waals surface area contributed by atoms with Gasteiger partial charge in [-0.05, 0) is 37.5 Å². The number of methoxy groups -OCH3 is 1. The molecule has 2 N–H and O–H groups in total. The normalized spacial score (nSPS) is 17.1. The summed E-state index contributed by atoms with van der Waals surface area (Å²) >= 11 is 0. The third-order valence-electron chi connectivity index (χ3n) is 5.94. The number of terminal acetylenes is 1. The van der Waals surface area contributed by atoms with Gasteiger partial charge < -0.3 is 19.7 Å². The molecular formula is C22H28N2O3. The van der Waals surface area contributed by atoms with Gasteiger partial charge in [-0.25, -0.2) is 0 Å². The quantitative estimate of drug-likeness (QED) is 0.815. The maximum Gasteiger partial charge on any atom is 0.266 e. The van der Waals surface area contributed by atoms with Gasteiger partial charge in [0.1, 0.15) is 5.56 Å². The number of aromatic amines is 1. The first-order valence-electron chi connectivity index (χ1n) is 9.33. The number of pyridine rings is 1. The van der Waals surface area contributed by atoms with Crippen LogP contribution in [0, 0.1) is 12.3 Å². The van der Waals surface area contributed by atoms with Gasteiger partial charge in [-0.1, -0.05) is 25.8 Å². The number of ether oxygens (including phenoxy) is 1. The lowest BCUT2D eigenvalue weighted by molar-refractivity contribution is -0.0132. The molecule has 0 radical (unpaired) electrons. The van der Waals surface area contributed by atoms with Crippen molar-refractivity contribution in [2.24, 2.45) is 0 Å². The molecule has 5 nitrogen and oxygen atoms in total. The van der Waals surface area contributed by atoms with E-state index in [1.54, 1.807) is 7.11 Å². The second-order valence-corrected chi connectivity index (χ2v) is 8.27. The average molecular weight is 368 g/mol. The number of piperidine rings is 1. The highest BCUT2D eigenvalue weighted by atomic mass is 16.5. The summed E-state index contributed by atoms with van der Waals surface area (Å²) in [4.78, 5) is 17.7. The van der Waals surface area contributed by atoms with Gasteiger partial charge in [-0.2, -0.15) is 0 Å². The van der Waals surface area contributed by atoms with Crippen LogP contribution in [0.5, 0.6) is 0 Å². The third kappa shape index (κ3) is 3.47. The molecule has 2 heterocycles. The van der Waals surface area contributed by atoms with Gasteiger partial charge in [0.05, 0.1) is 23.4 Å². The number of hydrogen-bond donors (Lipinski definition) is 2. The minimum Gasteiger partial charge on any atom is -0.395 e. The molecule has 0 bridgehead atoms. The van der Waals surface area contributed by atoms with E-state index in [4.69, 9.17) is 11.2 Å². The van der Waals surface area contributed by atoms with Crippen molar-refractivity contribution in [3.05, 3.63) is 39.7 Å². The zero-order valence-electron chi connectivity index (χ0n) is 16.6. The number of aromatic nitrogens is 1. The Balaban J connectivity index is 2.18. The number of aliphatic hydroxyl groups is 1. The highest BCUT2D eigenvalue weighted by Crippen LogP contribution is 2.35. The average Bonchev–Trinajstić information content (AvgIpc) is 2.67. The van der Waals surface area contributed by atoms with Crippen LogP contribution in [-0.2, 0) is 10.2 Å². The third-order valence-corrected chi connectivity index (χ3v) is 5.94. The fourth-order valence-electron chi connectivity index (χ4n) is 3.66. The number of nitrogens with zero attached hydrogens (tertiary/aromatic N) is 1. The van der Waals surface area contributed by atoms with Crippen LogP contribution in [-0.4, -0.2) is 42.5 Å². The van der Waals surface area contributed by atoms with Crippen LogP contribution >= 0.6 is 0 Å². The molecule has 0 amide bonds. The van der Waals surface area contributed by atoms with Crippen LogP contribution in [0.4, 0.5) is 5.69 Å². The largest absolute Gasteiger partial charge is 0.395 e. The van der Waals surface area contributed by atoms with Gasteiger partial charge in [0.25, 0.3) is 5.56 Å². The molecule has 27 heavy (non-hydrogen) atoms. The van der Waals surface area contributed by atoms with Crippen molar-refractivity contribution in [1.29, 1.82) is 0 Å². The van der Waals surface area contributed by atoms with E-state index in [-0.39, 0.29) is 23.2 Å². The van der Waals surface area contributed by atoms with Gasteiger partial charge in [-0.3, -0.25) is 4.79 Å². The van der Waals surface area contributed by atoms with Crippen LogP contribution < -0.4 is 10.5 Å². The molecule has 0 atom stereocenters. The van der Waals surface area contributed by atoms with E-state index in [1.165, 1.54) is 0 Å². The second-order valence-electron chi connectivity index (χ2n) is 8.27. The Labute approximate surface area is 160 Å². The van der Waals surface area contributed by atoms with Crippen molar-refractivity contribution in [2.75, 3.05) is 31.7 Å². The fraction of sp³-hybridized carbons (Fsp3) is 0.500. The summed E-state index contributed by atoms with van der Waals surface area (Å²) in [6.07, 6.45) is 7.45. The summed E-state index contributed by atoms with van der Waals surface area (Å²) in [5.41, 5.74) is 2.17. The maximum atomic E-state index is 12.6. The van der Waals surface area contributed by atoms with Crippen molar-refractivity contribution in [1.82, 2.24) is 4.98 Å². The van der Waals surface area contributed by atoms with Crippen molar-refractivity contribution in [2.45, 2.75) is 44.6 Å². The van der Waals surface area contributed by atoms with E-state index >= 15 is 0 Å². The van der Waals surface area contributed by atoms with Crippen molar-refractivity contribution in [3.8, 4) is 12.3 Å². The molecule has 0 aliphatic carbocycles. The van der Waals surface area contributed by atoms with Crippen LogP contribution in [0.1, 0.15) is 44.7 Å². The topological polar surface area (TPSA) is 65.6 Å². The first kappa shape index (κ1) is 19.5. The molecule has 1 fully saturated rings. The SMILES string of the molecule is C#Cc1c(N2CCC(C)(OC)CC2)c2cc(C(C)(C)CO)ccc2[nH]c1=O. The summed E-state index contributed by atoms with van der Waals surface area (Å²) < 4.78 is 5.65. The van der Waals surface area contributed by atoms with Gasteiger partial charge >= 0.3 is 0 Å². The minimum absolute atomic E-state index is 0.0368. The number of fused-ring (bicyclic) bond motifs is 1. The van der Waals surface area contributed by atoms with Gasteiger partial charge in [0.15, 0.2) is 0 Å². The number of aliphatic hydroxyl groups excluding tert-OH is 1. The molecule has 0 saturated carbocycles. The molecule has 144 valence electrons. The molecule has 0 spiro atoms. The summed E-state index contributed by atoms with van der Waals surface area (Å²) in [6.45, 7) is 7.68. The van der Waals surface area contributed by atoms with E-state index in [1.807, 2.05) is 32.0 Å². The lowest BCUT2D eigenvalue weighted by Crippen LogP contribution is -2.44. The lowest BCUT2D eigenvalue weighted by atomic mass is 9.84. The second kappa shape index (κ2) is 7.03. The predicted molar refractivity (Wildman–Crippen MR) is 109 cm³/mol. The molecule has 3 rings (SSSR count). The Kier molecular flexibility index (Phi) is 5.07. The summed E-state index contributed by atoms with van der Waals surface area (Å²) in [5, 5.41) is 10.7. The summed E-state index contributed by atoms with van der Waals surface area (Å²) in [5.74, 6) is 2.59. The first-order chi connectivity index (χ1) is 12.7.